The molecule has 0 bridgehead atoms. The Bertz CT molecular complexity index is 1100. The molecule has 0 N–H and O–H groups in total. The van der Waals surface area contributed by atoms with Crippen LogP contribution in [0.15, 0.2) is 34.2 Å². The van der Waals surface area contributed by atoms with E-state index in [1.807, 2.05) is 18.7 Å². The maximum absolute atomic E-state index is 12.4. The zero-order valence-corrected chi connectivity index (χ0v) is 18.6. The first kappa shape index (κ1) is 21.3. The van der Waals surface area contributed by atoms with Gasteiger partial charge in [0.05, 0.1) is 15.5 Å². The third-order valence-electron chi connectivity index (χ3n) is 5.67. The van der Waals surface area contributed by atoms with Crippen LogP contribution < -0.4 is 0 Å². The standard InChI is InChI=1S/C21H24N6O3S/c1-14-18(15(2)24(3)23-14)13-25-7-9-26(10-8-25)21-22-20(28)19(31-21)12-16-5-4-6-17(11-16)27(29)30/h4-6,11-12H,7-10,13H2,1-3H3. The molecule has 2 aliphatic rings. The van der Waals surface area contributed by atoms with Gasteiger partial charge in [0, 0.05) is 63.2 Å². The predicted molar refractivity (Wildman–Crippen MR) is 121 cm³/mol. The van der Waals surface area contributed by atoms with Crippen molar-refractivity contribution in [3.8, 4) is 0 Å². The minimum absolute atomic E-state index is 0.00106. The second-order valence-corrected chi connectivity index (χ2v) is 8.71. The van der Waals surface area contributed by atoms with Crippen molar-refractivity contribution in [2.45, 2.75) is 20.4 Å². The van der Waals surface area contributed by atoms with E-state index in [4.69, 9.17) is 0 Å². The van der Waals surface area contributed by atoms with E-state index in [0.717, 1.165) is 38.4 Å². The van der Waals surface area contributed by atoms with Gasteiger partial charge in [0.25, 0.3) is 11.6 Å². The lowest BCUT2D eigenvalue weighted by molar-refractivity contribution is -0.384. The Labute approximate surface area is 184 Å². The number of hydrogen-bond acceptors (Lipinski definition) is 7. The van der Waals surface area contributed by atoms with Crippen molar-refractivity contribution >= 4 is 34.6 Å². The van der Waals surface area contributed by atoms with Gasteiger partial charge in [0.2, 0.25) is 0 Å². The topological polar surface area (TPSA) is 96.9 Å². The molecule has 162 valence electrons. The van der Waals surface area contributed by atoms with Gasteiger partial charge in [0.15, 0.2) is 5.17 Å². The number of amidine groups is 1. The highest BCUT2D eigenvalue weighted by Gasteiger charge is 2.29. The van der Waals surface area contributed by atoms with Crippen molar-refractivity contribution in [1.29, 1.82) is 0 Å². The molecule has 3 heterocycles. The zero-order valence-electron chi connectivity index (χ0n) is 17.7. The molecule has 1 aromatic heterocycles. The maximum Gasteiger partial charge on any atom is 0.286 e. The number of non-ortho nitro benzene ring substituents is 1. The number of carbonyl (C=O) groups excluding carboxylic acids is 1. The molecule has 9 nitrogen and oxygen atoms in total. The number of nitrogens with zero attached hydrogens (tertiary/aromatic N) is 6. The lowest BCUT2D eigenvalue weighted by atomic mass is 10.1. The summed E-state index contributed by atoms with van der Waals surface area (Å²) in [5, 5.41) is 16.2. The highest BCUT2D eigenvalue weighted by atomic mass is 32.2. The number of amides is 1. The van der Waals surface area contributed by atoms with Gasteiger partial charge in [-0.3, -0.25) is 24.5 Å². The van der Waals surface area contributed by atoms with Crippen LogP contribution >= 0.6 is 11.8 Å². The molecule has 4 rings (SSSR count). The number of rotatable bonds is 4. The van der Waals surface area contributed by atoms with Crippen LogP contribution in [0, 0.1) is 24.0 Å². The molecular weight excluding hydrogens is 416 g/mol. The highest BCUT2D eigenvalue weighted by Crippen LogP contribution is 2.31. The van der Waals surface area contributed by atoms with Gasteiger partial charge >= 0.3 is 0 Å². The normalized spacial score (nSPS) is 18.7. The average molecular weight is 441 g/mol. The Kier molecular flexibility index (Phi) is 5.92. The summed E-state index contributed by atoms with van der Waals surface area (Å²) < 4.78 is 1.92. The number of piperazine rings is 1. The number of benzene rings is 1. The van der Waals surface area contributed by atoms with E-state index >= 15 is 0 Å². The van der Waals surface area contributed by atoms with Crippen molar-refractivity contribution in [1.82, 2.24) is 19.6 Å². The molecule has 2 aliphatic heterocycles. The molecule has 1 saturated heterocycles. The number of aromatic nitrogens is 2. The van der Waals surface area contributed by atoms with E-state index in [9.17, 15) is 14.9 Å². The van der Waals surface area contributed by atoms with Gasteiger partial charge in [-0.1, -0.05) is 12.1 Å². The van der Waals surface area contributed by atoms with Gasteiger partial charge in [0.1, 0.15) is 0 Å². The molecule has 31 heavy (non-hydrogen) atoms. The van der Waals surface area contributed by atoms with Crippen LogP contribution in [0.1, 0.15) is 22.5 Å². The van der Waals surface area contributed by atoms with Crippen LogP contribution in [0.25, 0.3) is 6.08 Å². The van der Waals surface area contributed by atoms with Crippen LogP contribution in [-0.4, -0.2) is 61.8 Å². The molecule has 1 aromatic carbocycles. The number of carbonyl (C=O) groups is 1. The van der Waals surface area contributed by atoms with Crippen LogP contribution in [-0.2, 0) is 18.4 Å². The second kappa shape index (κ2) is 8.64. The van der Waals surface area contributed by atoms with Crippen molar-refractivity contribution in [2.75, 3.05) is 26.2 Å². The zero-order chi connectivity index (χ0) is 22.1. The number of aliphatic imine (C=N–C) groups is 1. The quantitative estimate of drug-likeness (QED) is 0.410. The van der Waals surface area contributed by atoms with Gasteiger partial charge in [-0.05, 0) is 37.2 Å². The molecule has 0 unspecified atom stereocenters. The Hall–Kier alpha value is -2.98. The molecule has 2 aromatic rings. The average Bonchev–Trinajstić information content (AvgIpc) is 3.22. The fraction of sp³-hybridized carbons (Fsp3) is 0.381. The van der Waals surface area contributed by atoms with E-state index < -0.39 is 4.92 Å². The molecule has 1 fully saturated rings. The van der Waals surface area contributed by atoms with E-state index in [1.54, 1.807) is 18.2 Å². The summed E-state index contributed by atoms with van der Waals surface area (Å²) in [4.78, 5) is 32.1. The van der Waals surface area contributed by atoms with Crippen LogP contribution in [0.4, 0.5) is 5.69 Å². The molecule has 1 amide bonds. The summed E-state index contributed by atoms with van der Waals surface area (Å²) in [7, 11) is 1.97. The fourth-order valence-corrected chi connectivity index (χ4v) is 4.74. The molecule has 0 aliphatic carbocycles. The van der Waals surface area contributed by atoms with E-state index in [2.05, 4.69) is 26.8 Å². The van der Waals surface area contributed by atoms with Crippen LogP contribution in [0.5, 0.6) is 0 Å². The van der Waals surface area contributed by atoms with E-state index in [1.165, 1.54) is 35.2 Å². The Balaban J connectivity index is 1.37. The molecule has 10 heteroatoms. The summed E-state index contributed by atoms with van der Waals surface area (Å²) >= 11 is 1.33. The second-order valence-electron chi connectivity index (χ2n) is 7.70. The van der Waals surface area contributed by atoms with Crippen LogP contribution in [0.3, 0.4) is 0 Å². The van der Waals surface area contributed by atoms with Crippen molar-refractivity contribution in [3.05, 3.63) is 61.8 Å². The summed E-state index contributed by atoms with van der Waals surface area (Å²) in [5.41, 5.74) is 4.16. The first-order valence-electron chi connectivity index (χ1n) is 10.0. The monoisotopic (exact) mass is 440 g/mol. The van der Waals surface area contributed by atoms with E-state index in [0.29, 0.717) is 15.6 Å². The van der Waals surface area contributed by atoms with E-state index in [-0.39, 0.29) is 11.6 Å². The van der Waals surface area contributed by atoms with Crippen molar-refractivity contribution < 1.29 is 9.72 Å². The maximum atomic E-state index is 12.4. The minimum atomic E-state index is -0.443. The number of aryl methyl sites for hydroxylation is 2. The lowest BCUT2D eigenvalue weighted by Crippen LogP contribution is -2.47. The fourth-order valence-electron chi connectivity index (χ4n) is 3.78. The van der Waals surface area contributed by atoms with Gasteiger partial charge < -0.3 is 4.90 Å². The molecule has 0 spiro atoms. The third kappa shape index (κ3) is 4.54. The number of thioether (sulfide) groups is 1. The predicted octanol–water partition coefficient (Wildman–Crippen LogP) is 2.73. The summed E-state index contributed by atoms with van der Waals surface area (Å²) in [5.74, 6) is -0.296. The van der Waals surface area contributed by atoms with Gasteiger partial charge in [-0.25, -0.2) is 0 Å². The molecule has 0 saturated carbocycles. The largest absolute Gasteiger partial charge is 0.348 e. The number of nitro groups is 1. The highest BCUT2D eigenvalue weighted by molar-refractivity contribution is 8.18. The van der Waals surface area contributed by atoms with Crippen molar-refractivity contribution in [2.24, 2.45) is 12.0 Å². The van der Waals surface area contributed by atoms with Gasteiger partial charge in [-0.2, -0.15) is 10.1 Å². The smallest absolute Gasteiger partial charge is 0.286 e. The number of hydrogen-bond donors (Lipinski definition) is 0. The molecular formula is C21H24N6O3S. The minimum Gasteiger partial charge on any atom is -0.348 e. The lowest BCUT2D eigenvalue weighted by Gasteiger charge is -2.35. The summed E-state index contributed by atoms with van der Waals surface area (Å²) in [6.07, 6.45) is 1.67. The molecule has 0 atom stereocenters. The van der Waals surface area contributed by atoms with Crippen LogP contribution in [0.2, 0.25) is 0 Å². The SMILES string of the molecule is Cc1nn(C)c(C)c1CN1CCN(C2=NC(=O)C(=Cc3cccc([N+](=O)[O-])c3)S2)CC1. The number of nitro benzene ring substituents is 1. The van der Waals surface area contributed by atoms with Crippen molar-refractivity contribution in [3.63, 3.8) is 0 Å². The summed E-state index contributed by atoms with van der Waals surface area (Å²) in [6, 6.07) is 6.25. The summed E-state index contributed by atoms with van der Waals surface area (Å²) in [6.45, 7) is 8.36. The third-order valence-corrected chi connectivity index (χ3v) is 6.72. The van der Waals surface area contributed by atoms with Gasteiger partial charge in [-0.15, -0.1) is 0 Å². The Morgan fingerprint density at radius 3 is 2.61 bits per heavy atom. The Morgan fingerprint density at radius 1 is 1.23 bits per heavy atom. The first-order valence-corrected chi connectivity index (χ1v) is 10.9. The molecule has 0 radical (unpaired) electrons. The Morgan fingerprint density at radius 2 is 1.97 bits per heavy atom. The first-order chi connectivity index (χ1) is 14.8.